The number of rotatable bonds is 13. The van der Waals surface area contributed by atoms with Crippen molar-refractivity contribution in [2.24, 2.45) is 17.6 Å². The van der Waals surface area contributed by atoms with E-state index >= 15 is 0 Å². The molecule has 29 heavy (non-hydrogen) atoms. The molecule has 0 rings (SSSR count). The molecule has 11 heteroatoms. The Morgan fingerprint density at radius 2 is 1.52 bits per heavy atom. The van der Waals surface area contributed by atoms with Gasteiger partial charge in [0.15, 0.2) is 0 Å². The maximum atomic E-state index is 12.7. The summed E-state index contributed by atoms with van der Waals surface area (Å²) >= 11 is 4.04. The maximum absolute atomic E-state index is 12.7. The normalized spacial score (nSPS) is 16.3. The van der Waals surface area contributed by atoms with E-state index < -0.39 is 54.5 Å². The molecule has 0 bridgehead atoms. The van der Waals surface area contributed by atoms with Gasteiger partial charge in [0.2, 0.25) is 17.7 Å². The first-order valence-electron chi connectivity index (χ1n) is 9.59. The Labute approximate surface area is 176 Å². The van der Waals surface area contributed by atoms with E-state index in [1.54, 1.807) is 6.92 Å². The van der Waals surface area contributed by atoms with Crippen LogP contribution < -0.4 is 21.7 Å². The minimum absolute atomic E-state index is 0.0487. The van der Waals surface area contributed by atoms with Crippen LogP contribution in [0.1, 0.15) is 40.5 Å². The molecule has 0 aromatic carbocycles. The largest absolute Gasteiger partial charge is 0.480 e. The zero-order valence-corrected chi connectivity index (χ0v) is 18.2. The standard InChI is InChI=1S/C18H34N4O6S/c1-5-10(4)14(17(26)20-12(18(27)28)6-9(2)3)22-16(25)13(8-29)21-15(24)11(19)7-23/h9-14,23,29H,5-8,19H2,1-4H3,(H,20,26)(H,21,24)(H,22,25)(H,27,28). The summed E-state index contributed by atoms with van der Waals surface area (Å²) in [7, 11) is 0. The summed E-state index contributed by atoms with van der Waals surface area (Å²) in [5.74, 6) is -3.45. The molecular weight excluding hydrogens is 400 g/mol. The van der Waals surface area contributed by atoms with Gasteiger partial charge in [0.05, 0.1) is 6.61 Å². The number of thiol groups is 1. The smallest absolute Gasteiger partial charge is 0.326 e. The molecule has 0 aliphatic heterocycles. The highest BCUT2D eigenvalue weighted by Gasteiger charge is 2.32. The Balaban J connectivity index is 5.30. The number of carboxylic acid groups (broad SMARTS) is 1. The number of aliphatic carboxylic acids is 1. The predicted molar refractivity (Wildman–Crippen MR) is 111 cm³/mol. The molecule has 7 N–H and O–H groups in total. The van der Waals surface area contributed by atoms with E-state index in [0.29, 0.717) is 6.42 Å². The second-order valence-corrected chi connectivity index (χ2v) is 7.80. The van der Waals surface area contributed by atoms with Crippen molar-refractivity contribution in [1.29, 1.82) is 0 Å². The van der Waals surface area contributed by atoms with Crippen LogP contribution in [-0.2, 0) is 19.2 Å². The molecule has 0 saturated heterocycles. The average Bonchev–Trinajstić information content (AvgIpc) is 2.67. The van der Waals surface area contributed by atoms with Gasteiger partial charge in [0.1, 0.15) is 24.2 Å². The molecule has 0 heterocycles. The summed E-state index contributed by atoms with van der Waals surface area (Å²) in [6.07, 6.45) is 0.796. The van der Waals surface area contributed by atoms with Gasteiger partial charge in [-0.05, 0) is 18.3 Å². The molecule has 3 amide bonds. The second kappa shape index (κ2) is 13.4. The quantitative estimate of drug-likeness (QED) is 0.180. The maximum Gasteiger partial charge on any atom is 0.326 e. The van der Waals surface area contributed by atoms with Gasteiger partial charge in [-0.25, -0.2) is 4.79 Å². The highest BCUT2D eigenvalue weighted by molar-refractivity contribution is 7.80. The van der Waals surface area contributed by atoms with Gasteiger partial charge < -0.3 is 31.9 Å². The fraction of sp³-hybridized carbons (Fsp3) is 0.778. The van der Waals surface area contributed by atoms with Gasteiger partial charge in [-0.15, -0.1) is 0 Å². The van der Waals surface area contributed by atoms with E-state index in [0.717, 1.165) is 0 Å². The van der Waals surface area contributed by atoms with Crippen molar-refractivity contribution in [2.75, 3.05) is 12.4 Å². The second-order valence-electron chi connectivity index (χ2n) is 7.43. The minimum Gasteiger partial charge on any atom is -0.480 e. The van der Waals surface area contributed by atoms with E-state index in [9.17, 15) is 24.3 Å². The Kier molecular flexibility index (Phi) is 12.5. The molecule has 5 unspecified atom stereocenters. The van der Waals surface area contributed by atoms with Crippen LogP contribution in [-0.4, -0.2) is 70.4 Å². The summed E-state index contributed by atoms with van der Waals surface area (Å²) < 4.78 is 0. The van der Waals surface area contributed by atoms with Gasteiger partial charge in [0.25, 0.3) is 0 Å². The molecule has 0 aliphatic carbocycles. The van der Waals surface area contributed by atoms with Crippen molar-refractivity contribution in [1.82, 2.24) is 16.0 Å². The number of aliphatic hydroxyl groups is 1. The van der Waals surface area contributed by atoms with Crippen molar-refractivity contribution >= 4 is 36.3 Å². The van der Waals surface area contributed by atoms with Gasteiger partial charge in [-0.2, -0.15) is 12.6 Å². The van der Waals surface area contributed by atoms with E-state index in [4.69, 9.17) is 10.8 Å². The molecule has 0 radical (unpaired) electrons. The third-order valence-electron chi connectivity index (χ3n) is 4.46. The van der Waals surface area contributed by atoms with Crippen molar-refractivity contribution in [3.8, 4) is 0 Å². The molecule has 0 aromatic heterocycles. The van der Waals surface area contributed by atoms with E-state index in [1.807, 2.05) is 20.8 Å². The Morgan fingerprint density at radius 3 is 1.93 bits per heavy atom. The first kappa shape index (κ1) is 27.1. The van der Waals surface area contributed by atoms with Gasteiger partial charge >= 0.3 is 5.97 Å². The summed E-state index contributed by atoms with van der Waals surface area (Å²) in [5.41, 5.74) is 5.42. The number of nitrogens with one attached hydrogen (secondary N) is 3. The highest BCUT2D eigenvalue weighted by atomic mass is 32.1. The molecule has 0 saturated carbocycles. The third-order valence-corrected chi connectivity index (χ3v) is 4.83. The lowest BCUT2D eigenvalue weighted by Gasteiger charge is -2.28. The Hall–Kier alpha value is -1.85. The van der Waals surface area contributed by atoms with Crippen molar-refractivity contribution in [3.05, 3.63) is 0 Å². The summed E-state index contributed by atoms with van der Waals surface area (Å²) in [5, 5.41) is 25.7. The van der Waals surface area contributed by atoms with Crippen LogP contribution in [0.15, 0.2) is 0 Å². The Morgan fingerprint density at radius 1 is 0.966 bits per heavy atom. The number of carbonyl (C=O) groups is 4. The van der Waals surface area contributed by atoms with Crippen LogP contribution in [0.2, 0.25) is 0 Å². The number of carbonyl (C=O) groups excluding carboxylic acids is 3. The van der Waals surface area contributed by atoms with Crippen LogP contribution in [0.5, 0.6) is 0 Å². The number of amides is 3. The van der Waals surface area contributed by atoms with Crippen LogP contribution in [0, 0.1) is 11.8 Å². The van der Waals surface area contributed by atoms with Crippen molar-refractivity contribution in [3.63, 3.8) is 0 Å². The van der Waals surface area contributed by atoms with Crippen LogP contribution in [0.4, 0.5) is 0 Å². The van der Waals surface area contributed by atoms with Crippen LogP contribution >= 0.6 is 12.6 Å². The molecule has 5 atom stereocenters. The van der Waals surface area contributed by atoms with Gasteiger partial charge in [0, 0.05) is 5.75 Å². The molecule has 0 aromatic rings. The lowest BCUT2D eigenvalue weighted by atomic mass is 9.96. The van der Waals surface area contributed by atoms with E-state index in [2.05, 4.69) is 28.6 Å². The third kappa shape index (κ3) is 9.46. The topological polar surface area (TPSA) is 171 Å². The highest BCUT2D eigenvalue weighted by Crippen LogP contribution is 2.11. The monoisotopic (exact) mass is 434 g/mol. The molecule has 0 spiro atoms. The number of hydrogen-bond acceptors (Lipinski definition) is 7. The summed E-state index contributed by atoms with van der Waals surface area (Å²) in [4.78, 5) is 48.6. The number of aliphatic hydroxyl groups excluding tert-OH is 1. The first-order valence-corrected chi connectivity index (χ1v) is 10.2. The number of hydrogen-bond donors (Lipinski definition) is 7. The zero-order chi connectivity index (χ0) is 22.7. The van der Waals surface area contributed by atoms with Gasteiger partial charge in [-0.3, -0.25) is 14.4 Å². The SMILES string of the molecule is CCC(C)C(NC(=O)C(CS)NC(=O)C(N)CO)C(=O)NC(CC(C)C)C(=O)O. The van der Waals surface area contributed by atoms with Crippen LogP contribution in [0.3, 0.4) is 0 Å². The van der Waals surface area contributed by atoms with E-state index in [1.165, 1.54) is 0 Å². The summed E-state index contributed by atoms with van der Waals surface area (Å²) in [6.45, 7) is 6.67. The molecule has 168 valence electrons. The lowest BCUT2D eigenvalue weighted by Crippen LogP contribution is -2.59. The van der Waals surface area contributed by atoms with Gasteiger partial charge in [-0.1, -0.05) is 34.1 Å². The summed E-state index contributed by atoms with van der Waals surface area (Å²) in [6, 6.07) is -4.33. The number of nitrogens with two attached hydrogens (primary N) is 1. The zero-order valence-electron chi connectivity index (χ0n) is 17.3. The van der Waals surface area contributed by atoms with Crippen molar-refractivity contribution in [2.45, 2.75) is 64.7 Å². The molecule has 0 fully saturated rings. The molecular formula is C18H34N4O6S. The fourth-order valence-electron chi connectivity index (χ4n) is 2.47. The average molecular weight is 435 g/mol. The lowest BCUT2D eigenvalue weighted by molar-refractivity contribution is -0.143. The minimum atomic E-state index is -1.19. The Bertz CT molecular complexity index is 575. The van der Waals surface area contributed by atoms with E-state index in [-0.39, 0.29) is 24.0 Å². The predicted octanol–water partition coefficient (Wildman–Crippen LogP) is -1.13. The number of carboxylic acids is 1. The first-order chi connectivity index (χ1) is 13.5. The van der Waals surface area contributed by atoms with Crippen LogP contribution in [0.25, 0.3) is 0 Å². The molecule has 0 aliphatic rings. The van der Waals surface area contributed by atoms with Crippen molar-refractivity contribution < 1.29 is 29.4 Å². The fourth-order valence-corrected chi connectivity index (χ4v) is 2.72. The molecule has 10 nitrogen and oxygen atoms in total.